The zero-order chi connectivity index (χ0) is 28.9. The molecule has 0 aliphatic carbocycles. The molecular formula is C31H35ClN4O3S. The van der Waals surface area contributed by atoms with E-state index >= 15 is 0 Å². The molecule has 0 radical (unpaired) electrons. The van der Waals surface area contributed by atoms with E-state index in [0.717, 1.165) is 60.2 Å². The minimum Gasteiger partial charge on any atom is -0.491 e. The summed E-state index contributed by atoms with van der Waals surface area (Å²) in [5.41, 5.74) is 7.96. The number of halogens is 1. The Morgan fingerprint density at radius 2 is 1.73 bits per heavy atom. The number of hydrazine groups is 1. The number of hydrogen-bond acceptors (Lipinski definition) is 7. The number of hydrogen-bond donors (Lipinski definition) is 3. The second-order valence-corrected chi connectivity index (χ2v) is 10.5. The maximum absolute atomic E-state index is 6.73. The molecule has 0 saturated heterocycles. The average molecular weight is 579 g/mol. The zero-order valence-electron chi connectivity index (χ0n) is 23.0. The van der Waals surface area contributed by atoms with Crippen molar-refractivity contribution in [3.05, 3.63) is 81.7 Å². The van der Waals surface area contributed by atoms with E-state index in [1.54, 1.807) is 25.4 Å². The Balaban J connectivity index is 0.00000141. The first kappa shape index (κ1) is 30.8. The predicted molar refractivity (Wildman–Crippen MR) is 167 cm³/mol. The molecule has 1 aromatic heterocycles. The minimum absolute atomic E-state index is 0.453. The van der Waals surface area contributed by atoms with Crippen LogP contribution in [0.2, 0.25) is 4.34 Å². The Bertz CT molecular complexity index is 1460. The number of nitrogens with one attached hydrogen (secondary N) is 1. The maximum atomic E-state index is 6.73. The highest BCUT2D eigenvalue weighted by Crippen LogP contribution is 2.44. The summed E-state index contributed by atoms with van der Waals surface area (Å²) >= 11 is 8.32. The predicted octanol–water partition coefficient (Wildman–Crippen LogP) is 6.44. The molecule has 210 valence electrons. The third-order valence-electron chi connectivity index (χ3n) is 6.03. The summed E-state index contributed by atoms with van der Waals surface area (Å²) in [7, 11) is 1.66. The Morgan fingerprint density at radius 3 is 2.38 bits per heavy atom. The van der Waals surface area contributed by atoms with Crippen LogP contribution in [0.15, 0.2) is 65.8 Å². The molecule has 1 heterocycles. The van der Waals surface area contributed by atoms with E-state index in [4.69, 9.17) is 37.5 Å². The fourth-order valence-corrected chi connectivity index (χ4v) is 5.44. The van der Waals surface area contributed by atoms with Crippen LogP contribution in [-0.4, -0.2) is 26.2 Å². The van der Waals surface area contributed by atoms with Gasteiger partial charge in [-0.3, -0.25) is 0 Å². The lowest BCUT2D eigenvalue weighted by atomic mass is 9.99. The van der Waals surface area contributed by atoms with Crippen molar-refractivity contribution < 1.29 is 14.2 Å². The molecule has 0 saturated carbocycles. The Labute approximate surface area is 245 Å². The highest BCUT2D eigenvalue weighted by molar-refractivity contribution is 7.23. The molecule has 0 aliphatic rings. The smallest absolute Gasteiger partial charge is 0.136 e. The van der Waals surface area contributed by atoms with Crippen molar-refractivity contribution in [1.29, 1.82) is 0 Å². The number of benzene rings is 3. The molecule has 4 rings (SSSR count). The average Bonchev–Trinajstić information content (AvgIpc) is 3.28. The maximum Gasteiger partial charge on any atom is 0.136 e. The molecule has 0 unspecified atom stereocenters. The van der Waals surface area contributed by atoms with Crippen LogP contribution in [0.25, 0.3) is 21.2 Å². The molecule has 7 nitrogen and oxygen atoms in total. The van der Waals surface area contributed by atoms with Crippen LogP contribution < -0.4 is 26.6 Å². The number of methoxy groups -OCH3 is 1. The van der Waals surface area contributed by atoms with E-state index in [0.29, 0.717) is 32.1 Å². The first-order valence-electron chi connectivity index (χ1n) is 12.7. The monoisotopic (exact) mass is 578 g/mol. The second kappa shape index (κ2) is 15.8. The van der Waals surface area contributed by atoms with Crippen LogP contribution in [0.4, 0.5) is 0 Å². The summed E-state index contributed by atoms with van der Waals surface area (Å²) in [4.78, 5) is 0. The quantitative estimate of drug-likeness (QED) is 0.0472. The number of hydrazone groups is 1. The number of rotatable bonds is 11. The standard InChI is InChI=1S/C28H31ClN4O3S.C3H4/c1-18-15-22(35-14-13-34-2)9-10-23(18)27-24-16-20(5-11-25(24)37-28(27)29)17-36-21-7-3-19(4-8-21)6-12-26(32-30)33-31;1-3-2/h3-5,7-11,15-16H,6,12-14,17,30-31H2,1-2H3,(H,32,33);1H,2H3. The minimum atomic E-state index is 0.453. The van der Waals surface area contributed by atoms with Crippen molar-refractivity contribution in [3.8, 4) is 35.0 Å². The van der Waals surface area contributed by atoms with Gasteiger partial charge in [0.2, 0.25) is 0 Å². The van der Waals surface area contributed by atoms with Gasteiger partial charge in [0.05, 0.1) is 6.61 Å². The van der Waals surface area contributed by atoms with E-state index in [-0.39, 0.29) is 0 Å². The van der Waals surface area contributed by atoms with Crippen molar-refractivity contribution >= 4 is 38.9 Å². The van der Waals surface area contributed by atoms with Crippen molar-refractivity contribution in [1.82, 2.24) is 5.43 Å². The summed E-state index contributed by atoms with van der Waals surface area (Å²) in [6, 6.07) is 20.4. The van der Waals surface area contributed by atoms with Crippen LogP contribution >= 0.6 is 22.9 Å². The molecule has 40 heavy (non-hydrogen) atoms. The van der Waals surface area contributed by atoms with Gasteiger partial charge in [-0.2, -0.15) is 5.10 Å². The van der Waals surface area contributed by atoms with Crippen LogP contribution in [0.1, 0.15) is 30.0 Å². The van der Waals surface area contributed by atoms with Gasteiger partial charge in [0.1, 0.15) is 34.9 Å². The third kappa shape index (κ3) is 8.38. The molecule has 0 amide bonds. The van der Waals surface area contributed by atoms with E-state index in [2.05, 4.69) is 54.1 Å². The van der Waals surface area contributed by atoms with Crippen molar-refractivity contribution in [2.45, 2.75) is 33.3 Å². The molecule has 5 N–H and O–H groups in total. The number of amidine groups is 1. The number of aryl methyl sites for hydroxylation is 2. The van der Waals surface area contributed by atoms with E-state index in [9.17, 15) is 0 Å². The molecule has 0 bridgehead atoms. The second-order valence-electron chi connectivity index (χ2n) is 8.84. The Morgan fingerprint density at radius 1 is 1.02 bits per heavy atom. The highest BCUT2D eigenvalue weighted by atomic mass is 35.5. The lowest BCUT2D eigenvalue weighted by Gasteiger charge is -2.11. The van der Waals surface area contributed by atoms with Gasteiger partial charge < -0.3 is 25.5 Å². The topological polar surface area (TPSA) is 104 Å². The molecule has 3 aromatic carbocycles. The largest absolute Gasteiger partial charge is 0.491 e. The summed E-state index contributed by atoms with van der Waals surface area (Å²) in [6.45, 7) is 5.24. The number of fused-ring (bicyclic) bond motifs is 1. The van der Waals surface area contributed by atoms with Gasteiger partial charge in [-0.15, -0.1) is 23.7 Å². The molecule has 4 aromatic rings. The molecular weight excluding hydrogens is 544 g/mol. The van der Waals surface area contributed by atoms with Crippen LogP contribution in [0.5, 0.6) is 11.5 Å². The number of nitrogens with two attached hydrogens (primary N) is 2. The molecule has 0 fully saturated rings. The van der Waals surface area contributed by atoms with E-state index < -0.39 is 0 Å². The van der Waals surface area contributed by atoms with Gasteiger partial charge in [-0.25, -0.2) is 5.84 Å². The van der Waals surface area contributed by atoms with Gasteiger partial charge >= 0.3 is 0 Å². The van der Waals surface area contributed by atoms with Crippen molar-refractivity contribution in [2.24, 2.45) is 16.8 Å². The Kier molecular flexibility index (Phi) is 12.1. The summed E-state index contributed by atoms with van der Waals surface area (Å²) < 4.78 is 18.8. The number of terminal acetylenes is 1. The normalized spacial score (nSPS) is 10.9. The van der Waals surface area contributed by atoms with Crippen molar-refractivity contribution in [2.75, 3.05) is 20.3 Å². The summed E-state index contributed by atoms with van der Waals surface area (Å²) in [5.74, 6) is 15.1. The molecule has 0 atom stereocenters. The van der Waals surface area contributed by atoms with E-state index in [1.165, 1.54) is 0 Å². The van der Waals surface area contributed by atoms with Crippen LogP contribution in [-0.2, 0) is 17.8 Å². The molecule has 0 spiro atoms. The zero-order valence-corrected chi connectivity index (χ0v) is 24.6. The first-order valence-corrected chi connectivity index (χ1v) is 13.9. The van der Waals surface area contributed by atoms with Gasteiger partial charge in [-0.1, -0.05) is 35.9 Å². The van der Waals surface area contributed by atoms with E-state index in [1.807, 2.05) is 36.4 Å². The lowest BCUT2D eigenvalue weighted by Crippen LogP contribution is -2.31. The highest BCUT2D eigenvalue weighted by Gasteiger charge is 2.16. The SMILES string of the molecule is C#CC.COCCOc1ccc(-c2c(Cl)sc3ccc(COc4ccc(CC/C(=N/N)NN)cc4)cc23)c(C)c1. The Hall–Kier alpha value is -3.74. The summed E-state index contributed by atoms with van der Waals surface area (Å²) in [6.07, 6.45) is 6.01. The first-order chi connectivity index (χ1) is 19.4. The van der Waals surface area contributed by atoms with Crippen LogP contribution in [0.3, 0.4) is 0 Å². The lowest BCUT2D eigenvalue weighted by molar-refractivity contribution is 0.146. The molecule has 0 aliphatic heterocycles. The van der Waals surface area contributed by atoms with Crippen molar-refractivity contribution in [3.63, 3.8) is 0 Å². The van der Waals surface area contributed by atoms with Gasteiger partial charge in [0.25, 0.3) is 0 Å². The summed E-state index contributed by atoms with van der Waals surface area (Å²) in [5, 5.41) is 4.73. The third-order valence-corrected chi connectivity index (χ3v) is 7.41. The molecule has 9 heteroatoms. The number of thiophene rings is 1. The van der Waals surface area contributed by atoms with Gasteiger partial charge in [0, 0.05) is 29.2 Å². The number of nitrogens with zero attached hydrogens (tertiary/aromatic N) is 1. The fraction of sp³-hybridized carbons (Fsp3) is 0.258. The number of ether oxygens (including phenoxy) is 3. The fourth-order valence-electron chi connectivity index (χ4n) is 4.06. The van der Waals surface area contributed by atoms with Crippen LogP contribution in [0, 0.1) is 19.3 Å². The van der Waals surface area contributed by atoms with Gasteiger partial charge in [0.15, 0.2) is 0 Å². The van der Waals surface area contributed by atoms with Gasteiger partial charge in [-0.05, 0) is 78.9 Å².